The maximum absolute atomic E-state index is 5.66. The van der Waals surface area contributed by atoms with E-state index in [9.17, 15) is 0 Å². The highest BCUT2D eigenvalue weighted by Gasteiger charge is 2.14. The predicted octanol–water partition coefficient (Wildman–Crippen LogP) is 7.42. The average molecular weight is 419 g/mol. The number of nitrogens with one attached hydrogen (secondary N) is 1. The van der Waals surface area contributed by atoms with E-state index in [1.165, 1.54) is 16.7 Å². The van der Waals surface area contributed by atoms with E-state index in [1.54, 1.807) is 0 Å². The van der Waals surface area contributed by atoms with Crippen LogP contribution in [0.4, 0.5) is 11.4 Å². The summed E-state index contributed by atoms with van der Waals surface area (Å²) in [6, 6.07) is 22.4. The van der Waals surface area contributed by atoms with Crippen LogP contribution in [0, 0.1) is 31.1 Å². The van der Waals surface area contributed by atoms with Gasteiger partial charge in [-0.15, -0.1) is 6.42 Å². The van der Waals surface area contributed by atoms with Crippen LogP contribution >= 0.6 is 0 Å². The number of aliphatic imine (C=N–C) groups is 1. The van der Waals surface area contributed by atoms with Crippen molar-refractivity contribution in [1.29, 1.82) is 0 Å². The maximum atomic E-state index is 5.66. The quantitative estimate of drug-likeness (QED) is 0.266. The van der Waals surface area contributed by atoms with Gasteiger partial charge in [0.1, 0.15) is 0 Å². The molecule has 32 heavy (non-hydrogen) atoms. The lowest BCUT2D eigenvalue weighted by Crippen LogP contribution is -2.10. The van der Waals surface area contributed by atoms with Crippen LogP contribution in [-0.4, -0.2) is 5.84 Å². The molecule has 3 aromatic rings. The number of aryl methyl sites for hydroxylation is 1. The van der Waals surface area contributed by atoms with Gasteiger partial charge in [0.15, 0.2) is 5.84 Å². The molecule has 0 aliphatic heterocycles. The van der Waals surface area contributed by atoms with Crippen LogP contribution in [0.15, 0.2) is 71.7 Å². The molecule has 0 radical (unpaired) electrons. The molecule has 0 atom stereocenters. The van der Waals surface area contributed by atoms with Crippen LogP contribution in [0.5, 0.6) is 0 Å². The van der Waals surface area contributed by atoms with E-state index in [2.05, 4.69) is 88.0 Å². The topological polar surface area (TPSA) is 24.4 Å². The SMILES string of the molecule is C#Cc1ccccc1C#CC(=Nc1c(C(C)C)cccc1C(C)C)Nc1ccc(C)cc1. The lowest BCUT2D eigenvalue weighted by atomic mass is 9.93. The fourth-order valence-corrected chi connectivity index (χ4v) is 3.46. The summed E-state index contributed by atoms with van der Waals surface area (Å²) in [5.41, 5.74) is 7.16. The monoisotopic (exact) mass is 418 g/mol. The van der Waals surface area contributed by atoms with Gasteiger partial charge >= 0.3 is 0 Å². The van der Waals surface area contributed by atoms with Crippen LogP contribution in [0.1, 0.15) is 67.3 Å². The molecule has 0 saturated heterocycles. The molecule has 0 amide bonds. The fourth-order valence-electron chi connectivity index (χ4n) is 3.46. The zero-order valence-corrected chi connectivity index (χ0v) is 19.5. The van der Waals surface area contributed by atoms with Gasteiger partial charge in [0.05, 0.1) is 5.69 Å². The molecule has 2 nitrogen and oxygen atoms in total. The zero-order valence-electron chi connectivity index (χ0n) is 19.5. The summed E-state index contributed by atoms with van der Waals surface area (Å²) in [4.78, 5) is 5.07. The fraction of sp³-hybridized carbons (Fsp3) is 0.233. The summed E-state index contributed by atoms with van der Waals surface area (Å²) < 4.78 is 0. The van der Waals surface area contributed by atoms with Gasteiger partial charge in [0, 0.05) is 16.8 Å². The highest BCUT2D eigenvalue weighted by atomic mass is 15.0. The zero-order chi connectivity index (χ0) is 23.1. The number of para-hydroxylation sites is 1. The van der Waals surface area contributed by atoms with Crippen molar-refractivity contribution in [3.8, 4) is 24.2 Å². The third kappa shape index (κ3) is 5.69. The van der Waals surface area contributed by atoms with Crippen LogP contribution < -0.4 is 5.32 Å². The second-order valence-electron chi connectivity index (χ2n) is 8.49. The number of terminal acetylenes is 1. The molecular weight excluding hydrogens is 388 g/mol. The van der Waals surface area contributed by atoms with Crippen molar-refractivity contribution in [1.82, 2.24) is 0 Å². The molecule has 0 fully saturated rings. The number of benzene rings is 3. The van der Waals surface area contributed by atoms with Crippen LogP contribution in [0.2, 0.25) is 0 Å². The Kier molecular flexibility index (Phi) is 7.54. The number of hydrogen-bond donors (Lipinski definition) is 1. The van der Waals surface area contributed by atoms with Crippen molar-refractivity contribution >= 4 is 17.2 Å². The van der Waals surface area contributed by atoms with Gasteiger partial charge in [-0.3, -0.25) is 0 Å². The smallest absolute Gasteiger partial charge is 0.183 e. The summed E-state index contributed by atoms with van der Waals surface area (Å²) in [6.07, 6.45) is 5.66. The van der Waals surface area contributed by atoms with E-state index < -0.39 is 0 Å². The van der Waals surface area contributed by atoms with Crippen LogP contribution in [0.25, 0.3) is 0 Å². The van der Waals surface area contributed by atoms with Gasteiger partial charge in [0.2, 0.25) is 0 Å². The van der Waals surface area contributed by atoms with Crippen molar-refractivity contribution in [2.75, 3.05) is 5.32 Å². The number of hydrogen-bond acceptors (Lipinski definition) is 1. The van der Waals surface area contributed by atoms with Gasteiger partial charge in [-0.2, -0.15) is 0 Å². The first-order valence-corrected chi connectivity index (χ1v) is 11.0. The van der Waals surface area contributed by atoms with Crippen molar-refractivity contribution in [2.24, 2.45) is 4.99 Å². The molecule has 2 heteroatoms. The Morgan fingerprint density at radius 2 is 1.41 bits per heavy atom. The van der Waals surface area contributed by atoms with Gasteiger partial charge in [-0.25, -0.2) is 4.99 Å². The normalized spacial score (nSPS) is 11.1. The minimum absolute atomic E-state index is 0.350. The number of rotatable bonds is 4. The summed E-state index contributed by atoms with van der Waals surface area (Å²) in [6.45, 7) is 10.9. The second-order valence-corrected chi connectivity index (χ2v) is 8.49. The van der Waals surface area contributed by atoms with E-state index in [0.717, 1.165) is 22.5 Å². The molecule has 0 bridgehead atoms. The molecule has 0 unspecified atom stereocenters. The van der Waals surface area contributed by atoms with Gasteiger partial charge < -0.3 is 5.32 Å². The standard InChI is InChI=1S/C30H30N2/c1-7-24-11-8-9-12-25(24)17-20-29(31-26-18-15-23(6)16-19-26)32-30-27(21(2)3)13-10-14-28(30)22(4)5/h1,8-16,18-19,21-22H,2-6H3,(H,31,32). The third-order valence-electron chi connectivity index (χ3n) is 5.28. The molecule has 1 N–H and O–H groups in total. The summed E-state index contributed by atoms with van der Waals surface area (Å²) >= 11 is 0. The second kappa shape index (κ2) is 10.5. The molecule has 0 aromatic heterocycles. The first kappa shape index (κ1) is 22.9. The Hall–Kier alpha value is -3.75. The molecule has 0 heterocycles. The first-order valence-electron chi connectivity index (χ1n) is 11.0. The molecule has 0 spiro atoms. The molecule has 0 aliphatic rings. The summed E-state index contributed by atoms with van der Waals surface area (Å²) in [5.74, 6) is 10.5. The van der Waals surface area contributed by atoms with E-state index in [4.69, 9.17) is 11.4 Å². The number of anilines is 1. The first-order chi connectivity index (χ1) is 15.4. The van der Waals surface area contributed by atoms with Crippen molar-refractivity contribution in [3.63, 3.8) is 0 Å². The Morgan fingerprint density at radius 1 is 0.812 bits per heavy atom. The molecule has 3 aromatic carbocycles. The highest BCUT2D eigenvalue weighted by Crippen LogP contribution is 2.35. The molecule has 0 aliphatic carbocycles. The minimum Gasteiger partial charge on any atom is -0.333 e. The molecule has 3 rings (SSSR count). The van der Waals surface area contributed by atoms with Crippen LogP contribution in [-0.2, 0) is 0 Å². The lowest BCUT2D eigenvalue weighted by molar-refractivity contribution is 0.835. The Morgan fingerprint density at radius 3 is 1.97 bits per heavy atom. The van der Waals surface area contributed by atoms with Crippen molar-refractivity contribution < 1.29 is 0 Å². The van der Waals surface area contributed by atoms with Crippen molar-refractivity contribution in [2.45, 2.75) is 46.5 Å². The average Bonchev–Trinajstić information content (AvgIpc) is 2.78. The van der Waals surface area contributed by atoms with Gasteiger partial charge in [-0.05, 0) is 60.1 Å². The Balaban J connectivity index is 2.16. The number of amidine groups is 1. The maximum Gasteiger partial charge on any atom is 0.183 e. The lowest BCUT2D eigenvalue weighted by Gasteiger charge is -2.17. The van der Waals surface area contributed by atoms with E-state index in [0.29, 0.717) is 17.7 Å². The Labute approximate surface area is 192 Å². The molecule has 160 valence electrons. The van der Waals surface area contributed by atoms with Gasteiger partial charge in [-0.1, -0.05) is 87.6 Å². The predicted molar refractivity (Wildman–Crippen MR) is 138 cm³/mol. The van der Waals surface area contributed by atoms with Crippen LogP contribution in [0.3, 0.4) is 0 Å². The molecular formula is C30H30N2. The summed E-state index contributed by atoms with van der Waals surface area (Å²) in [7, 11) is 0. The minimum atomic E-state index is 0.350. The van der Waals surface area contributed by atoms with Crippen molar-refractivity contribution in [3.05, 3.63) is 94.5 Å². The van der Waals surface area contributed by atoms with Gasteiger partial charge in [0.25, 0.3) is 0 Å². The Bertz CT molecular complexity index is 1180. The van der Waals surface area contributed by atoms with E-state index >= 15 is 0 Å². The highest BCUT2D eigenvalue weighted by molar-refractivity contribution is 6.10. The van der Waals surface area contributed by atoms with E-state index in [1.807, 2.05) is 36.4 Å². The largest absolute Gasteiger partial charge is 0.333 e. The molecule has 0 saturated carbocycles. The summed E-state index contributed by atoms with van der Waals surface area (Å²) in [5, 5.41) is 3.42. The number of nitrogens with zero attached hydrogens (tertiary/aromatic N) is 1. The van der Waals surface area contributed by atoms with E-state index in [-0.39, 0.29) is 0 Å². The third-order valence-corrected chi connectivity index (χ3v) is 5.28.